The summed E-state index contributed by atoms with van der Waals surface area (Å²) in [6, 6.07) is 7.29. The van der Waals surface area contributed by atoms with E-state index in [2.05, 4.69) is 10.5 Å². The third-order valence-corrected chi connectivity index (χ3v) is 2.32. The lowest BCUT2D eigenvalue weighted by Gasteiger charge is -2.05. The quantitative estimate of drug-likeness (QED) is 0.663. The molecule has 0 aliphatic rings. The summed E-state index contributed by atoms with van der Waals surface area (Å²) in [5.74, 6) is 0. The second-order valence-electron chi connectivity index (χ2n) is 3.25. The number of nitrogens with one attached hydrogen (secondary N) is 1. The van der Waals surface area contributed by atoms with Crippen LogP contribution in [0.3, 0.4) is 0 Å². The lowest BCUT2D eigenvalue weighted by Crippen LogP contribution is -2.20. The number of amides is 1. The molecule has 1 rings (SSSR count). The van der Waals surface area contributed by atoms with Crippen molar-refractivity contribution in [1.29, 1.82) is 0 Å². The summed E-state index contributed by atoms with van der Waals surface area (Å²) in [6.45, 7) is 4.02. The van der Waals surface area contributed by atoms with Crippen LogP contribution in [0.25, 0.3) is 0 Å². The highest BCUT2D eigenvalue weighted by molar-refractivity contribution is 6.30. The number of hydrogen-bond donors (Lipinski definition) is 1. The van der Waals surface area contributed by atoms with Crippen molar-refractivity contribution in [2.24, 2.45) is 5.10 Å². The molecule has 0 saturated carbocycles. The molecule has 0 heterocycles. The lowest BCUT2D eigenvalue weighted by atomic mass is 10.1. The van der Waals surface area contributed by atoms with Gasteiger partial charge < -0.3 is 4.74 Å². The van der Waals surface area contributed by atoms with Crippen molar-refractivity contribution in [2.75, 3.05) is 6.61 Å². The Morgan fingerprint density at radius 2 is 2.00 bits per heavy atom. The van der Waals surface area contributed by atoms with Crippen molar-refractivity contribution in [3.05, 3.63) is 34.9 Å². The largest absolute Gasteiger partial charge is 0.449 e. The van der Waals surface area contributed by atoms with Gasteiger partial charge in [-0.25, -0.2) is 10.2 Å². The highest BCUT2D eigenvalue weighted by atomic mass is 35.5. The first-order valence-electron chi connectivity index (χ1n) is 5.42. The Labute approximate surface area is 106 Å². The van der Waals surface area contributed by atoms with E-state index >= 15 is 0 Å². The molecule has 0 aliphatic carbocycles. The normalized spacial score (nSPS) is 11.1. The maximum Gasteiger partial charge on any atom is 0.427 e. The summed E-state index contributed by atoms with van der Waals surface area (Å²) in [7, 11) is 0. The smallest absolute Gasteiger partial charge is 0.427 e. The minimum absolute atomic E-state index is 0.323. The van der Waals surface area contributed by atoms with Gasteiger partial charge in [0, 0.05) is 5.02 Å². The highest BCUT2D eigenvalue weighted by Crippen LogP contribution is 2.11. The fraction of sp³-hybridized carbons (Fsp3) is 0.333. The first-order valence-corrected chi connectivity index (χ1v) is 5.80. The van der Waals surface area contributed by atoms with Crippen LogP contribution < -0.4 is 5.43 Å². The van der Waals surface area contributed by atoms with Gasteiger partial charge in [0.1, 0.15) is 0 Å². The van der Waals surface area contributed by atoms with Gasteiger partial charge in [0.25, 0.3) is 0 Å². The molecule has 0 fully saturated rings. The van der Waals surface area contributed by atoms with E-state index in [9.17, 15) is 4.79 Å². The Kier molecular flexibility index (Phi) is 5.49. The summed E-state index contributed by atoms with van der Waals surface area (Å²) in [5, 5.41) is 4.68. The summed E-state index contributed by atoms with van der Waals surface area (Å²) in [6.07, 6.45) is 0.154. The zero-order chi connectivity index (χ0) is 12.7. The SMILES string of the molecule is CCOC(=O)N/N=C(\CC)c1ccc(Cl)cc1. The van der Waals surface area contributed by atoms with Gasteiger partial charge in [-0.05, 0) is 31.0 Å². The van der Waals surface area contributed by atoms with Gasteiger partial charge in [0.2, 0.25) is 0 Å². The molecule has 5 heteroatoms. The molecule has 0 atom stereocenters. The summed E-state index contributed by atoms with van der Waals surface area (Å²) in [5.41, 5.74) is 4.04. The van der Waals surface area contributed by atoms with Crippen LogP contribution in [-0.2, 0) is 4.74 Å². The van der Waals surface area contributed by atoms with E-state index < -0.39 is 6.09 Å². The zero-order valence-corrected chi connectivity index (χ0v) is 10.6. The van der Waals surface area contributed by atoms with E-state index in [0.717, 1.165) is 11.3 Å². The van der Waals surface area contributed by atoms with Crippen LogP contribution in [0.4, 0.5) is 4.79 Å². The Hall–Kier alpha value is -1.55. The number of hydrogen-bond acceptors (Lipinski definition) is 3. The molecular weight excluding hydrogens is 240 g/mol. The molecule has 0 saturated heterocycles. The number of rotatable bonds is 4. The standard InChI is InChI=1S/C12H15ClN2O2/c1-3-11(14-15-12(16)17-4-2)9-5-7-10(13)8-6-9/h5-8H,3-4H2,1-2H3,(H,15,16)/b14-11+. The van der Waals surface area contributed by atoms with Gasteiger partial charge >= 0.3 is 6.09 Å². The molecule has 0 radical (unpaired) electrons. The fourth-order valence-electron chi connectivity index (χ4n) is 1.27. The van der Waals surface area contributed by atoms with Crippen LogP contribution >= 0.6 is 11.6 Å². The van der Waals surface area contributed by atoms with Crippen LogP contribution in [0.2, 0.25) is 5.02 Å². The first-order chi connectivity index (χ1) is 8.17. The third-order valence-electron chi connectivity index (χ3n) is 2.07. The number of carbonyl (C=O) groups excluding carboxylic acids is 1. The van der Waals surface area contributed by atoms with Gasteiger partial charge in [-0.15, -0.1) is 0 Å². The molecule has 0 aliphatic heterocycles. The van der Waals surface area contributed by atoms with E-state index in [-0.39, 0.29) is 0 Å². The molecule has 0 unspecified atom stereocenters. The predicted molar refractivity (Wildman–Crippen MR) is 68.4 cm³/mol. The molecule has 17 heavy (non-hydrogen) atoms. The molecule has 92 valence electrons. The van der Waals surface area contributed by atoms with Crippen molar-refractivity contribution in [3.63, 3.8) is 0 Å². The van der Waals surface area contributed by atoms with E-state index in [1.54, 1.807) is 19.1 Å². The molecule has 1 amide bonds. The molecule has 1 N–H and O–H groups in total. The van der Waals surface area contributed by atoms with Gasteiger partial charge in [0.05, 0.1) is 12.3 Å². The van der Waals surface area contributed by atoms with Gasteiger partial charge in [-0.3, -0.25) is 0 Å². The Morgan fingerprint density at radius 1 is 1.35 bits per heavy atom. The molecular formula is C12H15ClN2O2. The van der Waals surface area contributed by atoms with E-state index in [1.807, 2.05) is 19.1 Å². The average molecular weight is 255 g/mol. The predicted octanol–water partition coefficient (Wildman–Crippen LogP) is 3.20. The average Bonchev–Trinajstić information content (AvgIpc) is 2.32. The maximum absolute atomic E-state index is 11.1. The second-order valence-corrected chi connectivity index (χ2v) is 3.69. The number of nitrogens with zero attached hydrogens (tertiary/aromatic N) is 1. The lowest BCUT2D eigenvalue weighted by molar-refractivity contribution is 0.152. The monoisotopic (exact) mass is 254 g/mol. The van der Waals surface area contributed by atoms with Crippen molar-refractivity contribution in [3.8, 4) is 0 Å². The molecule has 0 bridgehead atoms. The fourth-order valence-corrected chi connectivity index (χ4v) is 1.39. The number of hydrazone groups is 1. The van der Waals surface area contributed by atoms with E-state index in [0.29, 0.717) is 18.1 Å². The maximum atomic E-state index is 11.1. The van der Waals surface area contributed by atoms with Crippen LogP contribution in [0.5, 0.6) is 0 Å². The van der Waals surface area contributed by atoms with Crippen LogP contribution in [0.1, 0.15) is 25.8 Å². The van der Waals surface area contributed by atoms with Crippen molar-refractivity contribution in [1.82, 2.24) is 5.43 Å². The Balaban J connectivity index is 2.73. The van der Waals surface area contributed by atoms with Crippen LogP contribution in [0.15, 0.2) is 29.4 Å². The van der Waals surface area contributed by atoms with E-state index in [4.69, 9.17) is 16.3 Å². The molecule has 1 aromatic carbocycles. The number of ether oxygens (including phenoxy) is 1. The minimum Gasteiger partial charge on any atom is -0.449 e. The second kappa shape index (κ2) is 6.91. The van der Waals surface area contributed by atoms with Crippen LogP contribution in [0, 0.1) is 0 Å². The van der Waals surface area contributed by atoms with Gasteiger partial charge in [-0.2, -0.15) is 5.10 Å². The summed E-state index contributed by atoms with van der Waals surface area (Å²) >= 11 is 5.80. The molecule has 1 aromatic rings. The third kappa shape index (κ3) is 4.44. The molecule has 0 spiro atoms. The van der Waals surface area contributed by atoms with Gasteiger partial charge in [0.15, 0.2) is 0 Å². The topological polar surface area (TPSA) is 50.7 Å². The highest BCUT2D eigenvalue weighted by Gasteiger charge is 2.03. The van der Waals surface area contributed by atoms with Crippen molar-refractivity contribution < 1.29 is 9.53 Å². The summed E-state index contributed by atoms with van der Waals surface area (Å²) in [4.78, 5) is 11.1. The Bertz CT molecular complexity index is 401. The minimum atomic E-state index is -0.549. The number of benzene rings is 1. The molecule has 4 nitrogen and oxygen atoms in total. The van der Waals surface area contributed by atoms with E-state index in [1.165, 1.54) is 0 Å². The summed E-state index contributed by atoms with van der Waals surface area (Å²) < 4.78 is 4.71. The number of halogens is 1. The van der Waals surface area contributed by atoms with Crippen LogP contribution in [-0.4, -0.2) is 18.4 Å². The molecule has 0 aromatic heterocycles. The van der Waals surface area contributed by atoms with Gasteiger partial charge in [-0.1, -0.05) is 30.7 Å². The zero-order valence-electron chi connectivity index (χ0n) is 9.87. The number of carbonyl (C=O) groups is 1. The van der Waals surface area contributed by atoms with Crippen molar-refractivity contribution >= 4 is 23.4 Å². The van der Waals surface area contributed by atoms with Crippen molar-refractivity contribution in [2.45, 2.75) is 20.3 Å². The Morgan fingerprint density at radius 3 is 2.53 bits per heavy atom. The first kappa shape index (κ1) is 13.5.